The molecule has 2 unspecified atom stereocenters. The average molecular weight is 282 g/mol. The van der Waals surface area contributed by atoms with Crippen molar-refractivity contribution in [2.75, 3.05) is 11.5 Å². The van der Waals surface area contributed by atoms with Crippen LogP contribution in [0.5, 0.6) is 0 Å². The van der Waals surface area contributed by atoms with Gasteiger partial charge in [-0.05, 0) is 38.0 Å². The summed E-state index contributed by atoms with van der Waals surface area (Å²) >= 11 is 0. The first kappa shape index (κ1) is 15.7. The van der Waals surface area contributed by atoms with E-state index in [1.54, 1.807) is 12.1 Å². The van der Waals surface area contributed by atoms with Crippen LogP contribution in [-0.2, 0) is 15.6 Å². The highest BCUT2D eigenvalue weighted by atomic mass is 32.2. The number of carbonyl (C=O) groups is 1. The third-order valence-corrected chi connectivity index (χ3v) is 4.17. The minimum Gasteiger partial charge on any atom is -0.398 e. The first-order valence-electron chi connectivity index (χ1n) is 6.48. The Balaban J connectivity index is 2.64. The van der Waals surface area contributed by atoms with Crippen molar-refractivity contribution >= 4 is 22.4 Å². The molecule has 0 heterocycles. The smallest absolute Gasteiger partial charge is 0.233 e. The molecule has 1 aromatic carbocycles. The molecule has 106 valence electrons. The molecule has 0 aromatic heterocycles. The maximum absolute atomic E-state index is 12.1. The number of hydrogen-bond acceptors (Lipinski definition) is 3. The van der Waals surface area contributed by atoms with Crippen LogP contribution in [0, 0.1) is 6.92 Å². The highest BCUT2D eigenvalue weighted by Crippen LogP contribution is 2.18. The molecular weight excluding hydrogens is 260 g/mol. The van der Waals surface area contributed by atoms with E-state index >= 15 is 0 Å². The molecule has 0 fully saturated rings. The van der Waals surface area contributed by atoms with Crippen LogP contribution in [0.15, 0.2) is 23.1 Å². The van der Waals surface area contributed by atoms with Gasteiger partial charge in [0.05, 0.1) is 15.7 Å². The van der Waals surface area contributed by atoms with Crippen LogP contribution in [0.25, 0.3) is 0 Å². The predicted octanol–water partition coefficient (Wildman–Crippen LogP) is 1.99. The lowest BCUT2D eigenvalue weighted by Gasteiger charge is -2.13. The van der Waals surface area contributed by atoms with Gasteiger partial charge in [0.15, 0.2) is 0 Å². The first-order chi connectivity index (χ1) is 8.93. The fourth-order valence-corrected chi connectivity index (χ4v) is 2.98. The molecule has 0 bridgehead atoms. The zero-order valence-corrected chi connectivity index (χ0v) is 12.5. The zero-order valence-electron chi connectivity index (χ0n) is 11.7. The maximum atomic E-state index is 12.1. The summed E-state index contributed by atoms with van der Waals surface area (Å²) in [5.41, 5.74) is 7.24. The van der Waals surface area contributed by atoms with Crippen molar-refractivity contribution in [3.8, 4) is 0 Å². The summed E-state index contributed by atoms with van der Waals surface area (Å²) in [6.07, 6.45) is 1.93. The molecule has 0 saturated carbocycles. The number of nitrogen functional groups attached to an aromatic ring is 1. The molecule has 1 amide bonds. The highest BCUT2D eigenvalue weighted by Gasteiger charge is 2.14. The zero-order chi connectivity index (χ0) is 14.4. The molecule has 0 spiro atoms. The number of nitrogens with one attached hydrogen (secondary N) is 1. The van der Waals surface area contributed by atoms with E-state index in [-0.39, 0.29) is 17.7 Å². The van der Waals surface area contributed by atoms with Gasteiger partial charge in [-0.15, -0.1) is 0 Å². The summed E-state index contributed by atoms with van der Waals surface area (Å²) < 4.78 is 12.1. The molecule has 0 aliphatic heterocycles. The van der Waals surface area contributed by atoms with Crippen molar-refractivity contribution in [2.45, 2.75) is 44.6 Å². The van der Waals surface area contributed by atoms with Gasteiger partial charge in [-0.2, -0.15) is 0 Å². The largest absolute Gasteiger partial charge is 0.398 e. The van der Waals surface area contributed by atoms with Crippen molar-refractivity contribution in [1.29, 1.82) is 0 Å². The standard InChI is InChI=1S/C14H22N2O2S/c1-4-5-11(3)16-14(17)9-19(18)13-8-10(2)6-7-12(13)15/h6-8,11H,4-5,9,15H2,1-3H3,(H,16,17). The Morgan fingerprint density at radius 1 is 1.47 bits per heavy atom. The minimum atomic E-state index is -1.39. The second-order valence-corrected chi connectivity index (χ2v) is 6.21. The fourth-order valence-electron chi connectivity index (χ4n) is 1.86. The molecule has 19 heavy (non-hydrogen) atoms. The van der Waals surface area contributed by atoms with E-state index in [0.717, 1.165) is 18.4 Å². The SMILES string of the molecule is CCCC(C)NC(=O)CS(=O)c1cc(C)ccc1N. The van der Waals surface area contributed by atoms with Crippen molar-refractivity contribution in [3.05, 3.63) is 23.8 Å². The Morgan fingerprint density at radius 3 is 2.79 bits per heavy atom. The molecule has 3 N–H and O–H groups in total. The van der Waals surface area contributed by atoms with Gasteiger partial charge < -0.3 is 11.1 Å². The van der Waals surface area contributed by atoms with Crippen LogP contribution in [0.1, 0.15) is 32.3 Å². The van der Waals surface area contributed by atoms with Gasteiger partial charge in [-0.3, -0.25) is 9.00 Å². The fraction of sp³-hybridized carbons (Fsp3) is 0.500. The van der Waals surface area contributed by atoms with E-state index in [0.29, 0.717) is 10.6 Å². The van der Waals surface area contributed by atoms with Crippen LogP contribution in [-0.4, -0.2) is 21.9 Å². The van der Waals surface area contributed by atoms with Crippen molar-refractivity contribution in [2.24, 2.45) is 0 Å². The first-order valence-corrected chi connectivity index (χ1v) is 7.79. The number of amides is 1. The van der Waals surface area contributed by atoms with Gasteiger partial charge in [-0.1, -0.05) is 19.4 Å². The Morgan fingerprint density at radius 2 is 2.16 bits per heavy atom. The van der Waals surface area contributed by atoms with Crippen molar-refractivity contribution in [3.63, 3.8) is 0 Å². The Hall–Kier alpha value is -1.36. The van der Waals surface area contributed by atoms with E-state index in [1.807, 2.05) is 19.9 Å². The molecule has 2 atom stereocenters. The summed E-state index contributed by atoms with van der Waals surface area (Å²) in [6.45, 7) is 5.92. The monoisotopic (exact) mass is 282 g/mol. The van der Waals surface area contributed by atoms with Gasteiger partial charge in [0.1, 0.15) is 5.75 Å². The lowest BCUT2D eigenvalue weighted by Crippen LogP contribution is -2.35. The van der Waals surface area contributed by atoms with Crippen LogP contribution in [0.2, 0.25) is 0 Å². The third kappa shape index (κ3) is 5.03. The molecule has 1 rings (SSSR count). The number of carbonyl (C=O) groups excluding carboxylic acids is 1. The second kappa shape index (κ2) is 7.28. The van der Waals surface area contributed by atoms with Crippen molar-refractivity contribution < 1.29 is 9.00 Å². The van der Waals surface area contributed by atoms with E-state index in [4.69, 9.17) is 5.73 Å². The van der Waals surface area contributed by atoms with Crippen LogP contribution >= 0.6 is 0 Å². The van der Waals surface area contributed by atoms with E-state index in [2.05, 4.69) is 12.2 Å². The Labute approximate surface area is 117 Å². The summed E-state index contributed by atoms with van der Waals surface area (Å²) in [7, 11) is -1.39. The molecule has 0 aliphatic rings. The van der Waals surface area contributed by atoms with Crippen LogP contribution in [0.3, 0.4) is 0 Å². The third-order valence-electron chi connectivity index (χ3n) is 2.81. The van der Waals surface area contributed by atoms with Gasteiger partial charge in [0, 0.05) is 11.7 Å². The summed E-state index contributed by atoms with van der Waals surface area (Å²) in [6, 6.07) is 5.47. The highest BCUT2D eigenvalue weighted by molar-refractivity contribution is 7.86. The normalized spacial score (nSPS) is 13.8. The molecule has 0 aliphatic carbocycles. The number of benzene rings is 1. The van der Waals surface area contributed by atoms with E-state index < -0.39 is 10.8 Å². The average Bonchev–Trinajstić information content (AvgIpc) is 2.32. The number of nitrogens with two attached hydrogens (primary N) is 1. The Kier molecular flexibility index (Phi) is 6.02. The summed E-state index contributed by atoms with van der Waals surface area (Å²) in [5, 5.41) is 2.84. The van der Waals surface area contributed by atoms with Crippen molar-refractivity contribution in [1.82, 2.24) is 5.32 Å². The molecule has 1 aromatic rings. The predicted molar refractivity (Wildman–Crippen MR) is 79.4 cm³/mol. The molecule has 5 heteroatoms. The lowest BCUT2D eigenvalue weighted by molar-refractivity contribution is -0.119. The van der Waals surface area contributed by atoms with Gasteiger partial charge in [0.2, 0.25) is 5.91 Å². The number of anilines is 1. The summed E-state index contributed by atoms with van der Waals surface area (Å²) in [5.74, 6) is -0.234. The number of aryl methyl sites for hydroxylation is 1. The molecule has 4 nitrogen and oxygen atoms in total. The number of rotatable bonds is 6. The Bertz CT molecular complexity index is 475. The van der Waals surface area contributed by atoms with Crippen LogP contribution in [0.4, 0.5) is 5.69 Å². The molecule has 0 radical (unpaired) electrons. The van der Waals surface area contributed by atoms with Gasteiger partial charge in [-0.25, -0.2) is 0 Å². The summed E-state index contributed by atoms with van der Waals surface area (Å²) in [4.78, 5) is 12.3. The van der Waals surface area contributed by atoms with E-state index in [1.165, 1.54) is 0 Å². The topological polar surface area (TPSA) is 72.2 Å². The minimum absolute atomic E-state index is 0.0400. The lowest BCUT2D eigenvalue weighted by atomic mass is 10.2. The molecule has 0 saturated heterocycles. The second-order valence-electron chi connectivity index (χ2n) is 4.79. The number of hydrogen-bond donors (Lipinski definition) is 2. The maximum Gasteiger partial charge on any atom is 0.233 e. The van der Waals surface area contributed by atoms with E-state index in [9.17, 15) is 9.00 Å². The quantitative estimate of drug-likeness (QED) is 0.784. The molecular formula is C14H22N2O2S. The van der Waals surface area contributed by atoms with Gasteiger partial charge in [0.25, 0.3) is 0 Å². The van der Waals surface area contributed by atoms with Crippen LogP contribution < -0.4 is 11.1 Å². The van der Waals surface area contributed by atoms with Gasteiger partial charge >= 0.3 is 0 Å².